The average molecular weight is 273 g/mol. The number of ketones is 1. The number of hydrogen-bond donors (Lipinski definition) is 1. The van der Waals surface area contributed by atoms with Gasteiger partial charge >= 0.3 is 0 Å². The summed E-state index contributed by atoms with van der Waals surface area (Å²) in [5.74, 6) is 0.153. The van der Waals surface area contributed by atoms with Crippen molar-refractivity contribution >= 4 is 11.5 Å². The summed E-state index contributed by atoms with van der Waals surface area (Å²) >= 11 is 0. The van der Waals surface area contributed by atoms with Crippen LogP contribution in [0, 0.1) is 5.92 Å². The van der Waals surface area contributed by atoms with Crippen LogP contribution in [0.3, 0.4) is 0 Å². The van der Waals surface area contributed by atoms with Crippen LogP contribution < -0.4 is 5.32 Å². The van der Waals surface area contributed by atoms with Crippen molar-refractivity contribution in [2.45, 2.75) is 51.7 Å². The van der Waals surface area contributed by atoms with E-state index in [1.54, 1.807) is 0 Å². The lowest BCUT2D eigenvalue weighted by molar-refractivity contribution is -0.0712. The number of rotatable bonds is 2. The lowest BCUT2D eigenvalue weighted by atomic mass is 9.81. The van der Waals surface area contributed by atoms with Crippen LogP contribution in [0.4, 0.5) is 5.69 Å². The first-order chi connectivity index (χ1) is 9.28. The lowest BCUT2D eigenvalue weighted by Crippen LogP contribution is -2.33. The SMILES string of the molecule is CC1(C)CC(C(=O)c2ccc3c(c2)CCN3)C(C)(C)O1. The fourth-order valence-corrected chi connectivity index (χ4v) is 3.63. The Balaban J connectivity index is 1.89. The minimum absolute atomic E-state index is 0.0649. The minimum atomic E-state index is -0.391. The Morgan fingerprint density at radius 1 is 1.30 bits per heavy atom. The maximum absolute atomic E-state index is 12.8. The first kappa shape index (κ1) is 13.6. The van der Waals surface area contributed by atoms with E-state index in [1.807, 2.05) is 26.0 Å². The van der Waals surface area contributed by atoms with E-state index in [1.165, 1.54) is 11.3 Å². The second-order valence-corrected chi connectivity index (χ2v) is 7.13. The molecule has 2 heterocycles. The van der Waals surface area contributed by atoms with Crippen molar-refractivity contribution in [2.24, 2.45) is 5.92 Å². The fraction of sp³-hybridized carbons (Fsp3) is 0.588. The molecule has 3 nitrogen and oxygen atoms in total. The van der Waals surface area contributed by atoms with Gasteiger partial charge in [0, 0.05) is 17.8 Å². The summed E-state index contributed by atoms with van der Waals surface area (Å²) < 4.78 is 6.05. The predicted molar refractivity (Wildman–Crippen MR) is 80.3 cm³/mol. The molecular weight excluding hydrogens is 250 g/mol. The monoisotopic (exact) mass is 273 g/mol. The van der Waals surface area contributed by atoms with E-state index in [4.69, 9.17) is 4.74 Å². The summed E-state index contributed by atoms with van der Waals surface area (Å²) in [5, 5.41) is 3.33. The van der Waals surface area contributed by atoms with Gasteiger partial charge in [0.1, 0.15) is 0 Å². The smallest absolute Gasteiger partial charge is 0.168 e. The molecule has 1 aromatic rings. The van der Waals surface area contributed by atoms with Gasteiger partial charge in [0.2, 0.25) is 0 Å². The number of nitrogens with one attached hydrogen (secondary N) is 1. The Hall–Kier alpha value is -1.35. The zero-order chi connectivity index (χ0) is 14.5. The summed E-state index contributed by atoms with van der Waals surface area (Å²) in [6.07, 6.45) is 1.79. The Bertz CT molecular complexity index is 560. The van der Waals surface area contributed by atoms with Crippen molar-refractivity contribution < 1.29 is 9.53 Å². The van der Waals surface area contributed by atoms with Gasteiger partial charge in [-0.2, -0.15) is 0 Å². The van der Waals surface area contributed by atoms with Gasteiger partial charge < -0.3 is 10.1 Å². The van der Waals surface area contributed by atoms with Gasteiger partial charge in [-0.3, -0.25) is 4.79 Å². The van der Waals surface area contributed by atoms with E-state index in [2.05, 4.69) is 25.2 Å². The molecule has 0 aromatic heterocycles. The van der Waals surface area contributed by atoms with Gasteiger partial charge in [-0.15, -0.1) is 0 Å². The first-order valence-electron chi connectivity index (χ1n) is 7.40. The topological polar surface area (TPSA) is 38.3 Å². The normalized spacial score (nSPS) is 26.1. The standard InChI is InChI=1S/C17H23NO2/c1-16(2)10-13(17(3,4)20-16)15(19)12-5-6-14-11(9-12)7-8-18-14/h5-6,9,13,18H,7-8,10H2,1-4H3. The molecule has 2 aliphatic rings. The number of hydrogen-bond acceptors (Lipinski definition) is 3. The van der Waals surface area contributed by atoms with Crippen LogP contribution in [0.25, 0.3) is 0 Å². The number of carbonyl (C=O) groups is 1. The number of anilines is 1. The zero-order valence-corrected chi connectivity index (χ0v) is 12.7. The van der Waals surface area contributed by atoms with E-state index in [9.17, 15) is 4.79 Å². The van der Waals surface area contributed by atoms with Crippen LogP contribution in [-0.4, -0.2) is 23.5 Å². The zero-order valence-electron chi connectivity index (χ0n) is 12.7. The average Bonchev–Trinajstić information content (AvgIpc) is 2.88. The molecule has 0 saturated carbocycles. The van der Waals surface area contributed by atoms with Crippen molar-refractivity contribution in [1.82, 2.24) is 0 Å². The summed E-state index contributed by atoms with van der Waals surface area (Å²) in [6.45, 7) is 9.15. The third-order valence-electron chi connectivity index (χ3n) is 4.49. The quantitative estimate of drug-likeness (QED) is 0.839. The molecule has 108 valence electrons. The summed E-state index contributed by atoms with van der Waals surface area (Å²) in [5.41, 5.74) is 2.64. The van der Waals surface area contributed by atoms with E-state index in [0.717, 1.165) is 24.9 Å². The van der Waals surface area contributed by atoms with Crippen LogP contribution in [0.15, 0.2) is 18.2 Å². The maximum Gasteiger partial charge on any atom is 0.168 e. The highest BCUT2D eigenvalue weighted by atomic mass is 16.5. The molecule has 0 amide bonds. The summed E-state index contributed by atoms with van der Waals surface area (Å²) in [6, 6.07) is 6.03. The second-order valence-electron chi connectivity index (χ2n) is 7.13. The molecule has 20 heavy (non-hydrogen) atoms. The van der Waals surface area contributed by atoms with Crippen LogP contribution in [0.5, 0.6) is 0 Å². The first-order valence-corrected chi connectivity index (χ1v) is 7.40. The molecule has 0 bridgehead atoms. The molecule has 0 radical (unpaired) electrons. The van der Waals surface area contributed by atoms with Crippen LogP contribution >= 0.6 is 0 Å². The van der Waals surface area contributed by atoms with Crippen LogP contribution in [0.1, 0.15) is 50.0 Å². The third kappa shape index (κ3) is 2.24. The van der Waals surface area contributed by atoms with Crippen molar-refractivity contribution in [3.8, 4) is 0 Å². The van der Waals surface area contributed by atoms with Crippen LogP contribution in [-0.2, 0) is 11.2 Å². The van der Waals surface area contributed by atoms with E-state index >= 15 is 0 Å². The van der Waals surface area contributed by atoms with E-state index in [-0.39, 0.29) is 17.3 Å². The van der Waals surface area contributed by atoms with E-state index in [0.29, 0.717) is 0 Å². The van der Waals surface area contributed by atoms with Gasteiger partial charge in [-0.1, -0.05) is 0 Å². The molecule has 1 N–H and O–H groups in total. The lowest BCUT2D eigenvalue weighted by Gasteiger charge is -2.26. The number of fused-ring (bicyclic) bond motifs is 1. The Labute approximate surface area is 120 Å². The van der Waals surface area contributed by atoms with Crippen molar-refractivity contribution in [2.75, 3.05) is 11.9 Å². The van der Waals surface area contributed by atoms with E-state index < -0.39 is 5.60 Å². The Morgan fingerprint density at radius 3 is 2.70 bits per heavy atom. The molecule has 3 heteroatoms. The van der Waals surface area contributed by atoms with Gasteiger partial charge in [0.05, 0.1) is 17.1 Å². The maximum atomic E-state index is 12.8. The minimum Gasteiger partial charge on any atom is -0.384 e. The second kappa shape index (κ2) is 4.32. The van der Waals surface area contributed by atoms with Crippen molar-refractivity contribution in [1.29, 1.82) is 0 Å². The molecule has 0 aliphatic carbocycles. The molecule has 1 atom stereocenters. The van der Waals surface area contributed by atoms with Crippen molar-refractivity contribution in [3.63, 3.8) is 0 Å². The number of ether oxygens (including phenoxy) is 1. The molecular formula is C17H23NO2. The molecule has 1 unspecified atom stereocenters. The summed E-state index contributed by atoms with van der Waals surface area (Å²) in [4.78, 5) is 12.8. The third-order valence-corrected chi connectivity index (χ3v) is 4.49. The number of Topliss-reactive ketones (excluding diaryl/α,β-unsaturated/α-hetero) is 1. The molecule has 3 rings (SSSR count). The number of benzene rings is 1. The Kier molecular flexibility index (Phi) is 2.94. The largest absolute Gasteiger partial charge is 0.384 e. The molecule has 1 fully saturated rings. The highest BCUT2D eigenvalue weighted by molar-refractivity contribution is 5.99. The van der Waals surface area contributed by atoms with Crippen LogP contribution in [0.2, 0.25) is 0 Å². The van der Waals surface area contributed by atoms with Gasteiger partial charge in [0.25, 0.3) is 0 Å². The predicted octanol–water partition coefficient (Wildman–Crippen LogP) is 3.43. The van der Waals surface area contributed by atoms with Gasteiger partial charge in [-0.05, 0) is 64.3 Å². The number of carbonyl (C=O) groups excluding carboxylic acids is 1. The van der Waals surface area contributed by atoms with Gasteiger partial charge in [-0.25, -0.2) is 0 Å². The van der Waals surface area contributed by atoms with Crippen molar-refractivity contribution in [3.05, 3.63) is 29.3 Å². The Morgan fingerprint density at radius 2 is 2.05 bits per heavy atom. The fourth-order valence-electron chi connectivity index (χ4n) is 3.63. The molecule has 1 saturated heterocycles. The molecule has 2 aliphatic heterocycles. The highest BCUT2D eigenvalue weighted by Gasteiger charge is 2.49. The summed E-state index contributed by atoms with van der Waals surface area (Å²) in [7, 11) is 0. The highest BCUT2D eigenvalue weighted by Crippen LogP contribution is 2.43. The van der Waals surface area contributed by atoms with Gasteiger partial charge in [0.15, 0.2) is 5.78 Å². The molecule has 0 spiro atoms. The molecule has 1 aromatic carbocycles.